The Balaban J connectivity index is 2.31. The number of rotatable bonds is 0. The van der Waals surface area contributed by atoms with Gasteiger partial charge in [0, 0.05) is 12.3 Å². The Morgan fingerprint density at radius 1 is 1.86 bits per heavy atom. The van der Waals surface area contributed by atoms with Gasteiger partial charge in [0.2, 0.25) is 0 Å². The number of nitrogens with one attached hydrogen (secondary N) is 1. The molecular weight excluding hydrogens is 106 g/mol. The van der Waals surface area contributed by atoms with Gasteiger partial charge < -0.3 is 0 Å². The first-order valence-electron chi connectivity index (χ1n) is 2.24. The van der Waals surface area contributed by atoms with Crippen LogP contribution in [0.3, 0.4) is 0 Å². The molecule has 1 aliphatic heterocycles. The first-order chi connectivity index (χ1) is 3.43. The topological polar surface area (TPSA) is 12.0 Å². The van der Waals surface area contributed by atoms with Crippen LogP contribution in [-0.4, -0.2) is 17.7 Å². The summed E-state index contributed by atoms with van der Waals surface area (Å²) in [5.41, 5.74) is 0. The molecule has 0 aromatic carbocycles. The number of hydrogen-bond donors (Lipinski definition) is 1. The number of hydrogen-bond acceptors (Lipinski definition) is 2. The second kappa shape index (κ2) is 2.25. The van der Waals surface area contributed by atoms with Gasteiger partial charge in [0.05, 0.1) is 0 Å². The van der Waals surface area contributed by atoms with Crippen LogP contribution >= 0.6 is 11.8 Å². The van der Waals surface area contributed by atoms with Crippen molar-refractivity contribution in [2.45, 2.75) is 5.37 Å². The van der Waals surface area contributed by atoms with E-state index in [1.165, 1.54) is 0 Å². The Labute approximate surface area is 47.9 Å². The van der Waals surface area contributed by atoms with Gasteiger partial charge in [-0.2, -0.15) is 0 Å². The largest absolute Gasteiger partial charge is 0.294 e. The van der Waals surface area contributed by atoms with Gasteiger partial charge in [0.1, 0.15) is 5.37 Å². The fourth-order valence-corrected chi connectivity index (χ4v) is 1.34. The van der Waals surface area contributed by atoms with Gasteiger partial charge in [-0.25, -0.2) is 0 Å². The summed E-state index contributed by atoms with van der Waals surface area (Å²) >= 11 is 1.80. The average Bonchev–Trinajstić information content (AvgIpc) is 2.14. The van der Waals surface area contributed by atoms with E-state index in [1.54, 1.807) is 11.8 Å². The Kier molecular flexibility index (Phi) is 1.61. The van der Waals surface area contributed by atoms with Crippen LogP contribution < -0.4 is 5.32 Å². The van der Waals surface area contributed by atoms with Crippen LogP contribution in [0, 0.1) is 12.3 Å². The van der Waals surface area contributed by atoms with Gasteiger partial charge in [0.15, 0.2) is 0 Å². The minimum Gasteiger partial charge on any atom is -0.294 e. The second-order valence-electron chi connectivity index (χ2n) is 1.37. The first-order valence-corrected chi connectivity index (χ1v) is 3.29. The quantitative estimate of drug-likeness (QED) is 0.453. The molecule has 7 heavy (non-hydrogen) atoms. The standard InChI is InChI=1S/C5H7NS/c1-2-5-6-3-4-7-5/h1,5-6H,3-4H2. The lowest BCUT2D eigenvalue weighted by molar-refractivity contribution is 0.819. The maximum Gasteiger partial charge on any atom is 0.115 e. The van der Waals surface area contributed by atoms with Crippen molar-refractivity contribution in [3.63, 3.8) is 0 Å². The smallest absolute Gasteiger partial charge is 0.115 e. The lowest BCUT2D eigenvalue weighted by Gasteiger charge is -1.94. The number of terminal acetylenes is 1. The SMILES string of the molecule is C#CC1NCCS1. The summed E-state index contributed by atoms with van der Waals surface area (Å²) in [6.07, 6.45) is 5.10. The molecule has 38 valence electrons. The van der Waals surface area contributed by atoms with Gasteiger partial charge in [0.25, 0.3) is 0 Å². The average molecular weight is 113 g/mol. The number of thioether (sulfide) groups is 1. The van der Waals surface area contributed by atoms with Crippen LogP contribution in [0.25, 0.3) is 0 Å². The summed E-state index contributed by atoms with van der Waals surface area (Å²) in [5.74, 6) is 3.78. The molecule has 1 saturated heterocycles. The highest BCUT2D eigenvalue weighted by Gasteiger charge is 2.09. The maximum absolute atomic E-state index is 5.10. The van der Waals surface area contributed by atoms with E-state index in [0.29, 0.717) is 5.37 Å². The molecule has 0 amide bonds. The summed E-state index contributed by atoms with van der Waals surface area (Å²) in [5, 5.41) is 3.42. The molecule has 1 nitrogen and oxygen atoms in total. The molecule has 1 aliphatic rings. The van der Waals surface area contributed by atoms with E-state index >= 15 is 0 Å². The Morgan fingerprint density at radius 3 is 3.00 bits per heavy atom. The van der Waals surface area contributed by atoms with Crippen LogP contribution in [-0.2, 0) is 0 Å². The molecule has 1 unspecified atom stereocenters. The van der Waals surface area contributed by atoms with E-state index in [0.717, 1.165) is 12.3 Å². The third kappa shape index (κ3) is 1.12. The second-order valence-corrected chi connectivity index (χ2v) is 2.58. The van der Waals surface area contributed by atoms with Crippen molar-refractivity contribution in [2.24, 2.45) is 0 Å². The Hall–Kier alpha value is -0.130. The Morgan fingerprint density at radius 2 is 2.71 bits per heavy atom. The van der Waals surface area contributed by atoms with E-state index in [2.05, 4.69) is 11.2 Å². The van der Waals surface area contributed by atoms with Gasteiger partial charge in [-0.15, -0.1) is 18.2 Å². The predicted molar refractivity (Wildman–Crippen MR) is 33.1 cm³/mol. The predicted octanol–water partition coefficient (Wildman–Crippen LogP) is 0.282. The zero-order valence-corrected chi connectivity index (χ0v) is 4.79. The van der Waals surface area contributed by atoms with E-state index in [1.807, 2.05) is 0 Å². The van der Waals surface area contributed by atoms with E-state index in [9.17, 15) is 0 Å². The highest BCUT2D eigenvalue weighted by atomic mass is 32.2. The van der Waals surface area contributed by atoms with Crippen molar-refractivity contribution in [1.29, 1.82) is 0 Å². The first kappa shape index (κ1) is 5.02. The summed E-state index contributed by atoms with van der Waals surface area (Å²) in [7, 11) is 0. The van der Waals surface area contributed by atoms with Crippen LogP contribution in [0.4, 0.5) is 0 Å². The van der Waals surface area contributed by atoms with Crippen LogP contribution in [0.2, 0.25) is 0 Å². The molecule has 0 spiro atoms. The highest BCUT2D eigenvalue weighted by molar-refractivity contribution is 8.00. The Bertz CT molecular complexity index is 88.7. The lowest BCUT2D eigenvalue weighted by atomic mass is 10.6. The van der Waals surface area contributed by atoms with E-state index in [4.69, 9.17) is 6.42 Å². The molecule has 1 heterocycles. The molecule has 1 fully saturated rings. The van der Waals surface area contributed by atoms with Crippen LogP contribution in [0.15, 0.2) is 0 Å². The summed E-state index contributed by atoms with van der Waals surface area (Å²) in [6.45, 7) is 1.07. The summed E-state index contributed by atoms with van der Waals surface area (Å²) < 4.78 is 0. The normalized spacial score (nSPS) is 29.9. The molecule has 1 rings (SSSR count). The van der Waals surface area contributed by atoms with Crippen molar-refractivity contribution >= 4 is 11.8 Å². The molecule has 1 atom stereocenters. The molecule has 1 N–H and O–H groups in total. The summed E-state index contributed by atoms with van der Waals surface area (Å²) in [6, 6.07) is 0. The van der Waals surface area contributed by atoms with E-state index < -0.39 is 0 Å². The fourth-order valence-electron chi connectivity index (χ4n) is 0.533. The van der Waals surface area contributed by atoms with Gasteiger partial charge in [-0.3, -0.25) is 5.32 Å². The summed E-state index contributed by atoms with van der Waals surface area (Å²) in [4.78, 5) is 0. The third-order valence-corrected chi connectivity index (χ3v) is 1.94. The third-order valence-electron chi connectivity index (χ3n) is 0.868. The van der Waals surface area contributed by atoms with Crippen molar-refractivity contribution < 1.29 is 0 Å². The van der Waals surface area contributed by atoms with Crippen molar-refractivity contribution in [2.75, 3.05) is 12.3 Å². The minimum absolute atomic E-state index is 0.292. The van der Waals surface area contributed by atoms with Crippen LogP contribution in [0.1, 0.15) is 0 Å². The zero-order valence-electron chi connectivity index (χ0n) is 3.98. The zero-order chi connectivity index (χ0) is 5.11. The van der Waals surface area contributed by atoms with Gasteiger partial charge in [-0.05, 0) is 0 Å². The molecule has 0 aliphatic carbocycles. The lowest BCUT2D eigenvalue weighted by Crippen LogP contribution is -2.16. The molecule has 2 heteroatoms. The molecular formula is C5H7NS. The van der Waals surface area contributed by atoms with Crippen molar-refractivity contribution in [3.8, 4) is 12.3 Å². The van der Waals surface area contributed by atoms with Crippen molar-refractivity contribution in [1.82, 2.24) is 5.32 Å². The molecule has 0 saturated carbocycles. The monoisotopic (exact) mass is 113 g/mol. The molecule has 0 aromatic heterocycles. The van der Waals surface area contributed by atoms with Gasteiger partial charge >= 0.3 is 0 Å². The van der Waals surface area contributed by atoms with Crippen molar-refractivity contribution in [3.05, 3.63) is 0 Å². The highest BCUT2D eigenvalue weighted by Crippen LogP contribution is 2.11. The molecule has 0 aromatic rings. The molecule has 0 radical (unpaired) electrons. The van der Waals surface area contributed by atoms with Crippen LogP contribution in [0.5, 0.6) is 0 Å². The van der Waals surface area contributed by atoms with E-state index in [-0.39, 0.29) is 0 Å². The van der Waals surface area contributed by atoms with Gasteiger partial charge in [-0.1, -0.05) is 5.92 Å². The fraction of sp³-hybridized carbons (Fsp3) is 0.600. The molecule has 0 bridgehead atoms. The minimum atomic E-state index is 0.292. The maximum atomic E-state index is 5.10.